The van der Waals surface area contributed by atoms with Crippen molar-refractivity contribution in [3.63, 3.8) is 0 Å². The highest BCUT2D eigenvalue weighted by Gasteiger charge is 2.34. The van der Waals surface area contributed by atoms with Gasteiger partial charge in [0.05, 0.1) is 13.2 Å². The van der Waals surface area contributed by atoms with Gasteiger partial charge in [-0.3, -0.25) is 14.5 Å². The molecule has 0 bridgehead atoms. The normalized spacial score (nSPS) is 21.3. The largest absolute Gasteiger partial charge is 0.464 e. The van der Waals surface area contributed by atoms with E-state index in [0.717, 1.165) is 44.3 Å². The van der Waals surface area contributed by atoms with Crippen molar-refractivity contribution in [2.45, 2.75) is 45.1 Å². The van der Waals surface area contributed by atoms with Crippen molar-refractivity contribution in [2.75, 3.05) is 32.8 Å². The van der Waals surface area contributed by atoms with Gasteiger partial charge < -0.3 is 9.64 Å². The Balaban J connectivity index is 1.51. The number of carbonyl (C=O) groups excluding carboxylic acids is 3. The van der Waals surface area contributed by atoms with E-state index < -0.39 is 6.04 Å². The molecule has 1 aromatic rings. The summed E-state index contributed by atoms with van der Waals surface area (Å²) in [6.45, 7) is 4.50. The summed E-state index contributed by atoms with van der Waals surface area (Å²) in [5, 5.41) is 0. The first-order chi connectivity index (χ1) is 13.6. The lowest BCUT2D eigenvalue weighted by atomic mass is 9.89. The number of esters is 1. The zero-order chi connectivity index (χ0) is 19.9. The lowest BCUT2D eigenvalue weighted by Crippen LogP contribution is -2.52. The summed E-state index contributed by atoms with van der Waals surface area (Å²) >= 11 is 0. The summed E-state index contributed by atoms with van der Waals surface area (Å²) in [6, 6.07) is 8.97. The molecule has 2 aliphatic heterocycles. The molecule has 0 saturated carbocycles. The highest BCUT2D eigenvalue weighted by molar-refractivity contribution is 5.97. The van der Waals surface area contributed by atoms with Gasteiger partial charge in [0.15, 0.2) is 5.78 Å². The number of carbonyl (C=O) groups is 3. The highest BCUT2D eigenvalue weighted by Crippen LogP contribution is 2.23. The number of Topliss-reactive ketones (excluding diaryl/α,β-unsaturated/α-hetero) is 1. The Bertz CT molecular complexity index is 683. The fourth-order valence-corrected chi connectivity index (χ4v) is 4.19. The second-order valence-electron chi connectivity index (χ2n) is 7.63. The molecule has 0 aromatic heterocycles. The third-order valence-electron chi connectivity index (χ3n) is 5.76. The molecule has 0 N–H and O–H groups in total. The molecular formula is C22H30N2O4. The number of ether oxygens (including phenoxy) is 1. The summed E-state index contributed by atoms with van der Waals surface area (Å²) in [4.78, 5) is 41.4. The maximum Gasteiger partial charge on any atom is 0.328 e. The summed E-state index contributed by atoms with van der Waals surface area (Å²) < 4.78 is 5.15. The molecule has 152 valence electrons. The number of rotatable bonds is 6. The van der Waals surface area contributed by atoms with Gasteiger partial charge >= 0.3 is 5.97 Å². The molecule has 3 rings (SSSR count). The molecular weight excluding hydrogens is 356 g/mol. The molecule has 6 heteroatoms. The predicted octanol–water partition coefficient (Wildman–Crippen LogP) is 2.53. The van der Waals surface area contributed by atoms with Gasteiger partial charge in [-0.15, -0.1) is 0 Å². The summed E-state index contributed by atoms with van der Waals surface area (Å²) in [7, 11) is 0. The van der Waals surface area contributed by atoms with E-state index in [2.05, 4.69) is 4.90 Å². The maximum atomic E-state index is 12.8. The number of nitrogens with zero attached hydrogens (tertiary/aromatic N) is 2. The quantitative estimate of drug-likeness (QED) is 0.555. The topological polar surface area (TPSA) is 66.9 Å². The molecule has 1 unspecified atom stereocenters. The number of hydrogen-bond acceptors (Lipinski definition) is 5. The molecule has 2 aliphatic rings. The minimum atomic E-state index is -0.446. The number of piperidine rings is 2. The van der Waals surface area contributed by atoms with Gasteiger partial charge in [-0.25, -0.2) is 4.79 Å². The van der Waals surface area contributed by atoms with Crippen LogP contribution in [0.1, 0.15) is 49.4 Å². The van der Waals surface area contributed by atoms with Crippen LogP contribution < -0.4 is 0 Å². The van der Waals surface area contributed by atoms with Gasteiger partial charge in [0, 0.05) is 18.0 Å². The van der Waals surface area contributed by atoms with E-state index in [1.807, 2.05) is 30.3 Å². The van der Waals surface area contributed by atoms with Gasteiger partial charge in [0.1, 0.15) is 6.04 Å². The van der Waals surface area contributed by atoms with Crippen molar-refractivity contribution in [3.8, 4) is 0 Å². The van der Waals surface area contributed by atoms with E-state index >= 15 is 0 Å². The number of ketones is 1. The first-order valence-corrected chi connectivity index (χ1v) is 10.4. The predicted molar refractivity (Wildman–Crippen MR) is 106 cm³/mol. The summed E-state index contributed by atoms with van der Waals surface area (Å²) in [5.74, 6) is -0.0747. The molecule has 0 radical (unpaired) electrons. The second-order valence-corrected chi connectivity index (χ2v) is 7.63. The molecule has 2 heterocycles. The molecule has 0 aliphatic carbocycles. The molecule has 0 spiro atoms. The third kappa shape index (κ3) is 4.98. The van der Waals surface area contributed by atoms with Crippen molar-refractivity contribution >= 4 is 17.7 Å². The fraction of sp³-hybridized carbons (Fsp3) is 0.591. The fourth-order valence-electron chi connectivity index (χ4n) is 4.19. The third-order valence-corrected chi connectivity index (χ3v) is 5.76. The zero-order valence-corrected chi connectivity index (χ0v) is 16.6. The van der Waals surface area contributed by atoms with Gasteiger partial charge in [-0.05, 0) is 52.1 Å². The van der Waals surface area contributed by atoms with Crippen LogP contribution in [-0.4, -0.2) is 66.3 Å². The maximum absolute atomic E-state index is 12.8. The Hall–Kier alpha value is -2.21. The second kappa shape index (κ2) is 9.82. The molecule has 6 nitrogen and oxygen atoms in total. The van der Waals surface area contributed by atoms with E-state index in [-0.39, 0.29) is 23.6 Å². The number of hydrogen-bond donors (Lipinski definition) is 0. The summed E-state index contributed by atoms with van der Waals surface area (Å²) in [6.07, 6.45) is 4.08. The van der Waals surface area contributed by atoms with Crippen molar-refractivity contribution < 1.29 is 19.1 Å². The molecule has 2 fully saturated rings. The van der Waals surface area contributed by atoms with Crippen LogP contribution in [0.5, 0.6) is 0 Å². The van der Waals surface area contributed by atoms with Crippen LogP contribution in [0.15, 0.2) is 30.3 Å². The van der Waals surface area contributed by atoms with Gasteiger partial charge in [-0.1, -0.05) is 30.3 Å². The number of amides is 1. The standard InChI is InChI=1S/C22H30N2O4/c1-2-28-22(27)19-10-6-7-13-24(19)20(25)16-23-14-11-18(12-15-23)21(26)17-8-4-3-5-9-17/h3-5,8-9,18-19H,2,6-7,10-16H2,1H3. The van der Waals surface area contributed by atoms with Crippen LogP contribution in [0.25, 0.3) is 0 Å². The smallest absolute Gasteiger partial charge is 0.328 e. The molecule has 28 heavy (non-hydrogen) atoms. The summed E-state index contributed by atoms with van der Waals surface area (Å²) in [5.41, 5.74) is 0.766. The van der Waals surface area contributed by atoms with Crippen LogP contribution in [0.3, 0.4) is 0 Å². The number of likely N-dealkylation sites (tertiary alicyclic amines) is 2. The highest BCUT2D eigenvalue weighted by atomic mass is 16.5. The van der Waals surface area contributed by atoms with E-state index in [0.29, 0.717) is 26.1 Å². The van der Waals surface area contributed by atoms with E-state index in [1.54, 1.807) is 11.8 Å². The lowest BCUT2D eigenvalue weighted by molar-refractivity contribution is -0.157. The van der Waals surface area contributed by atoms with Gasteiger partial charge in [0.2, 0.25) is 5.91 Å². The molecule has 1 amide bonds. The van der Waals surface area contributed by atoms with E-state index in [1.165, 1.54) is 0 Å². The van der Waals surface area contributed by atoms with Gasteiger partial charge in [-0.2, -0.15) is 0 Å². The van der Waals surface area contributed by atoms with Crippen molar-refractivity contribution in [2.24, 2.45) is 5.92 Å². The molecule has 1 aromatic carbocycles. The minimum absolute atomic E-state index is 0.00871. The van der Waals surface area contributed by atoms with Crippen molar-refractivity contribution in [1.82, 2.24) is 9.80 Å². The Morgan fingerprint density at radius 2 is 1.71 bits per heavy atom. The average molecular weight is 386 g/mol. The average Bonchev–Trinajstić information content (AvgIpc) is 2.74. The first kappa shape index (κ1) is 20.5. The lowest BCUT2D eigenvalue weighted by Gasteiger charge is -2.37. The van der Waals surface area contributed by atoms with Crippen molar-refractivity contribution in [3.05, 3.63) is 35.9 Å². The van der Waals surface area contributed by atoms with Crippen LogP contribution in [-0.2, 0) is 14.3 Å². The SMILES string of the molecule is CCOC(=O)C1CCCCN1C(=O)CN1CCC(C(=O)c2ccccc2)CC1. The Morgan fingerprint density at radius 3 is 2.39 bits per heavy atom. The minimum Gasteiger partial charge on any atom is -0.464 e. The van der Waals surface area contributed by atoms with Crippen LogP contribution in [0.4, 0.5) is 0 Å². The van der Waals surface area contributed by atoms with Crippen LogP contribution in [0.2, 0.25) is 0 Å². The first-order valence-electron chi connectivity index (χ1n) is 10.4. The van der Waals surface area contributed by atoms with E-state index in [9.17, 15) is 14.4 Å². The molecule has 1 atom stereocenters. The Morgan fingerprint density at radius 1 is 1.00 bits per heavy atom. The number of benzene rings is 1. The van der Waals surface area contributed by atoms with Gasteiger partial charge in [0.25, 0.3) is 0 Å². The zero-order valence-electron chi connectivity index (χ0n) is 16.6. The van der Waals surface area contributed by atoms with Crippen molar-refractivity contribution in [1.29, 1.82) is 0 Å². The Labute approximate surface area is 166 Å². The van der Waals surface area contributed by atoms with Crippen LogP contribution in [0, 0.1) is 5.92 Å². The molecule has 2 saturated heterocycles. The monoisotopic (exact) mass is 386 g/mol. The Kier molecular flexibility index (Phi) is 7.20. The van der Waals surface area contributed by atoms with Crippen LogP contribution >= 0.6 is 0 Å². The van der Waals surface area contributed by atoms with E-state index in [4.69, 9.17) is 4.74 Å².